The van der Waals surface area contributed by atoms with Gasteiger partial charge in [0.2, 0.25) is 5.91 Å². The maximum absolute atomic E-state index is 12.5. The second-order valence-electron chi connectivity index (χ2n) is 5.28. The number of amides is 1. The number of aromatic amines is 1. The Balaban J connectivity index is 1.68. The zero-order valence-corrected chi connectivity index (χ0v) is 12.8. The van der Waals surface area contributed by atoms with Crippen molar-refractivity contribution in [2.45, 2.75) is 25.3 Å². The van der Waals surface area contributed by atoms with Crippen molar-refractivity contribution in [1.82, 2.24) is 20.1 Å². The number of likely N-dealkylation sites (tertiary alicyclic amines) is 1. The molecule has 0 spiro atoms. The van der Waals surface area contributed by atoms with E-state index in [1.807, 2.05) is 17.8 Å². The molecular formula is C14H19N5OS. The number of anilines is 1. The maximum Gasteiger partial charge on any atom is 0.242 e. The summed E-state index contributed by atoms with van der Waals surface area (Å²) in [7, 11) is 1.79. The van der Waals surface area contributed by atoms with Crippen LogP contribution < -0.4 is 4.90 Å². The summed E-state index contributed by atoms with van der Waals surface area (Å²) in [6, 6.07) is 0.283. The van der Waals surface area contributed by atoms with Gasteiger partial charge in [0.25, 0.3) is 0 Å². The third kappa shape index (κ3) is 3.14. The van der Waals surface area contributed by atoms with E-state index in [1.54, 1.807) is 18.1 Å². The van der Waals surface area contributed by atoms with Crippen LogP contribution in [0.3, 0.4) is 0 Å². The largest absolute Gasteiger partial charge is 0.290 e. The Hall–Kier alpha value is -1.73. The minimum absolute atomic E-state index is 0.0837. The summed E-state index contributed by atoms with van der Waals surface area (Å²) in [5, 5.41) is 9.53. The molecule has 3 heterocycles. The number of hydrogen-bond donors (Lipinski definition) is 1. The van der Waals surface area contributed by atoms with Crippen molar-refractivity contribution in [3.63, 3.8) is 0 Å². The molecule has 3 rings (SSSR count). The van der Waals surface area contributed by atoms with E-state index >= 15 is 0 Å². The Morgan fingerprint density at radius 1 is 1.57 bits per heavy atom. The lowest BCUT2D eigenvalue weighted by molar-refractivity contribution is -0.120. The molecule has 21 heavy (non-hydrogen) atoms. The molecular weight excluding hydrogens is 286 g/mol. The van der Waals surface area contributed by atoms with E-state index in [-0.39, 0.29) is 11.9 Å². The summed E-state index contributed by atoms with van der Waals surface area (Å²) in [6.45, 7) is 1.37. The highest BCUT2D eigenvalue weighted by molar-refractivity contribution is 7.13. The number of piperidine rings is 1. The molecule has 112 valence electrons. The van der Waals surface area contributed by atoms with E-state index in [0.717, 1.165) is 24.5 Å². The first-order valence-electron chi connectivity index (χ1n) is 7.14. The first-order valence-corrected chi connectivity index (χ1v) is 8.02. The minimum Gasteiger partial charge on any atom is -0.290 e. The van der Waals surface area contributed by atoms with Gasteiger partial charge < -0.3 is 0 Å². The van der Waals surface area contributed by atoms with Crippen molar-refractivity contribution in [2.24, 2.45) is 0 Å². The molecule has 0 radical (unpaired) electrons. The van der Waals surface area contributed by atoms with Gasteiger partial charge in [0, 0.05) is 36.4 Å². The van der Waals surface area contributed by atoms with Gasteiger partial charge in [-0.2, -0.15) is 5.10 Å². The van der Waals surface area contributed by atoms with Gasteiger partial charge >= 0.3 is 0 Å². The summed E-state index contributed by atoms with van der Waals surface area (Å²) < 4.78 is 0. The molecule has 1 N–H and O–H groups in total. The fourth-order valence-corrected chi connectivity index (χ4v) is 3.39. The molecule has 1 fully saturated rings. The van der Waals surface area contributed by atoms with Gasteiger partial charge in [-0.25, -0.2) is 4.98 Å². The predicted octanol–water partition coefficient (Wildman–Crippen LogP) is 2.06. The van der Waals surface area contributed by atoms with Gasteiger partial charge in [-0.1, -0.05) is 6.42 Å². The van der Waals surface area contributed by atoms with Gasteiger partial charge in [0.1, 0.15) is 0 Å². The van der Waals surface area contributed by atoms with Crippen LogP contribution in [-0.4, -0.2) is 46.1 Å². The van der Waals surface area contributed by atoms with Crippen LogP contribution in [0.1, 0.15) is 30.9 Å². The molecule has 1 amide bonds. The quantitative estimate of drug-likeness (QED) is 0.939. The second kappa shape index (κ2) is 6.36. The molecule has 0 aliphatic carbocycles. The molecule has 0 saturated carbocycles. The van der Waals surface area contributed by atoms with Gasteiger partial charge in [0.15, 0.2) is 5.13 Å². The lowest BCUT2D eigenvalue weighted by atomic mass is 9.97. The standard InChI is InChI=1S/C14H19N5OS/c1-18(14-15-5-7-21-14)13(20)10-19-6-3-2-4-12(19)11-8-16-17-9-11/h5,7-9,12H,2-4,6,10H2,1H3,(H,16,17)/t12-/m0/s1. The number of H-pyrrole nitrogens is 1. The highest BCUT2D eigenvalue weighted by atomic mass is 32.1. The molecule has 7 heteroatoms. The van der Waals surface area contributed by atoms with Crippen LogP contribution in [0.4, 0.5) is 5.13 Å². The molecule has 0 unspecified atom stereocenters. The second-order valence-corrected chi connectivity index (χ2v) is 6.15. The third-order valence-electron chi connectivity index (χ3n) is 3.94. The summed E-state index contributed by atoms with van der Waals surface area (Å²) in [4.78, 5) is 20.5. The zero-order valence-electron chi connectivity index (χ0n) is 12.0. The minimum atomic E-state index is 0.0837. The number of rotatable bonds is 4. The number of carbonyl (C=O) groups is 1. The van der Waals surface area contributed by atoms with E-state index in [9.17, 15) is 4.79 Å². The van der Waals surface area contributed by atoms with E-state index in [0.29, 0.717) is 6.54 Å². The summed E-state index contributed by atoms with van der Waals surface area (Å²) in [5.74, 6) is 0.0837. The van der Waals surface area contributed by atoms with Crippen LogP contribution in [0.25, 0.3) is 0 Å². The van der Waals surface area contributed by atoms with E-state index in [2.05, 4.69) is 20.1 Å². The van der Waals surface area contributed by atoms with Crippen LogP contribution in [0, 0.1) is 0 Å². The number of aromatic nitrogens is 3. The Bertz CT molecular complexity index is 568. The SMILES string of the molecule is CN(C(=O)CN1CCCC[C@H]1c1cn[nH]c1)c1nccs1. The Labute approximate surface area is 127 Å². The van der Waals surface area contributed by atoms with E-state index in [4.69, 9.17) is 0 Å². The molecule has 1 aliphatic heterocycles. The molecule has 1 atom stereocenters. The number of hydrogen-bond acceptors (Lipinski definition) is 5. The summed E-state index contributed by atoms with van der Waals surface area (Å²) >= 11 is 1.48. The lowest BCUT2D eigenvalue weighted by Gasteiger charge is -2.35. The van der Waals surface area contributed by atoms with Gasteiger partial charge in [-0.3, -0.25) is 19.7 Å². The molecule has 1 saturated heterocycles. The van der Waals surface area contributed by atoms with E-state index in [1.165, 1.54) is 23.3 Å². The topological polar surface area (TPSA) is 65.1 Å². The van der Waals surface area contributed by atoms with Crippen LogP contribution in [-0.2, 0) is 4.79 Å². The van der Waals surface area contributed by atoms with Crippen LogP contribution >= 0.6 is 11.3 Å². The lowest BCUT2D eigenvalue weighted by Crippen LogP contribution is -2.42. The molecule has 2 aromatic rings. The Morgan fingerprint density at radius 2 is 2.48 bits per heavy atom. The van der Waals surface area contributed by atoms with Crippen molar-refractivity contribution in [3.8, 4) is 0 Å². The highest BCUT2D eigenvalue weighted by Gasteiger charge is 2.27. The van der Waals surface area contributed by atoms with Crippen LogP contribution in [0.5, 0.6) is 0 Å². The van der Waals surface area contributed by atoms with Crippen LogP contribution in [0.2, 0.25) is 0 Å². The van der Waals surface area contributed by atoms with E-state index < -0.39 is 0 Å². The fraction of sp³-hybridized carbons (Fsp3) is 0.500. The average Bonchev–Trinajstić information content (AvgIpc) is 3.20. The molecule has 0 aromatic carbocycles. The fourth-order valence-electron chi connectivity index (χ4n) is 2.77. The van der Waals surface area contributed by atoms with Crippen molar-refractivity contribution in [3.05, 3.63) is 29.5 Å². The summed E-state index contributed by atoms with van der Waals surface area (Å²) in [5.41, 5.74) is 1.17. The zero-order chi connectivity index (χ0) is 14.7. The average molecular weight is 305 g/mol. The van der Waals surface area contributed by atoms with Crippen molar-refractivity contribution in [1.29, 1.82) is 0 Å². The summed E-state index contributed by atoms with van der Waals surface area (Å²) in [6.07, 6.45) is 8.92. The Kier molecular flexibility index (Phi) is 4.31. The van der Waals surface area contributed by atoms with Crippen LogP contribution in [0.15, 0.2) is 24.0 Å². The molecule has 0 bridgehead atoms. The smallest absolute Gasteiger partial charge is 0.242 e. The third-order valence-corrected chi connectivity index (χ3v) is 4.78. The van der Waals surface area contributed by atoms with Gasteiger partial charge in [-0.15, -0.1) is 11.3 Å². The highest BCUT2D eigenvalue weighted by Crippen LogP contribution is 2.30. The predicted molar refractivity (Wildman–Crippen MR) is 82.3 cm³/mol. The van der Waals surface area contributed by atoms with Gasteiger partial charge in [-0.05, 0) is 19.4 Å². The van der Waals surface area contributed by atoms with Crippen molar-refractivity contribution >= 4 is 22.4 Å². The first kappa shape index (κ1) is 14.2. The maximum atomic E-state index is 12.5. The number of carbonyl (C=O) groups excluding carboxylic acids is 1. The number of nitrogens with one attached hydrogen (secondary N) is 1. The van der Waals surface area contributed by atoms with Crippen molar-refractivity contribution < 1.29 is 4.79 Å². The molecule has 1 aliphatic rings. The van der Waals surface area contributed by atoms with Crippen molar-refractivity contribution in [2.75, 3.05) is 25.0 Å². The number of likely N-dealkylation sites (N-methyl/N-ethyl adjacent to an activating group) is 1. The number of nitrogens with zero attached hydrogens (tertiary/aromatic N) is 4. The number of thiazole rings is 1. The Morgan fingerprint density at radius 3 is 3.19 bits per heavy atom. The molecule has 2 aromatic heterocycles. The van der Waals surface area contributed by atoms with Gasteiger partial charge in [0.05, 0.1) is 12.7 Å². The normalized spacial score (nSPS) is 19.6. The monoisotopic (exact) mass is 305 g/mol. The molecule has 6 nitrogen and oxygen atoms in total. The first-order chi connectivity index (χ1) is 10.3.